The summed E-state index contributed by atoms with van der Waals surface area (Å²) in [6, 6.07) is 7.15. The number of hydrogen-bond acceptors (Lipinski definition) is 5. The van der Waals surface area contributed by atoms with E-state index in [1.807, 2.05) is 12.1 Å². The van der Waals surface area contributed by atoms with E-state index < -0.39 is 34.6 Å². The molecular formula is C27H20Cl5F5N4O3. The van der Waals surface area contributed by atoms with E-state index in [4.69, 9.17) is 58.0 Å². The number of hydrogen-bond donors (Lipinski definition) is 0. The fourth-order valence-corrected chi connectivity index (χ4v) is 4.42. The Kier molecular flexibility index (Phi) is 13.3. The van der Waals surface area contributed by atoms with Crippen molar-refractivity contribution in [3.05, 3.63) is 99.9 Å². The number of aryl methyl sites for hydroxylation is 1. The van der Waals surface area contributed by atoms with Crippen LogP contribution in [0.2, 0.25) is 25.1 Å². The summed E-state index contributed by atoms with van der Waals surface area (Å²) in [5.41, 5.74) is 0.297. The molecule has 1 aliphatic heterocycles. The van der Waals surface area contributed by atoms with Gasteiger partial charge in [0.25, 0.3) is 5.56 Å². The van der Waals surface area contributed by atoms with Crippen molar-refractivity contribution in [1.29, 1.82) is 0 Å². The van der Waals surface area contributed by atoms with E-state index in [9.17, 15) is 36.3 Å². The van der Waals surface area contributed by atoms with Crippen molar-refractivity contribution in [2.75, 3.05) is 7.05 Å². The molecule has 2 amide bonds. The predicted octanol–water partition coefficient (Wildman–Crippen LogP) is 8.05. The quantitative estimate of drug-likeness (QED) is 0.0795. The number of aromatic nitrogens is 3. The Balaban J connectivity index is 0.000000207. The second kappa shape index (κ2) is 15.8. The lowest BCUT2D eigenvalue weighted by Crippen LogP contribution is -2.23. The number of imide groups is 1. The van der Waals surface area contributed by atoms with Gasteiger partial charge < -0.3 is 0 Å². The largest absolute Gasteiger partial charge is 0.286 e. The average molecular weight is 721 g/mol. The van der Waals surface area contributed by atoms with Crippen molar-refractivity contribution >= 4 is 80.7 Å². The molecule has 44 heavy (non-hydrogen) atoms. The summed E-state index contributed by atoms with van der Waals surface area (Å²) in [5.74, 6) is -9.64. The van der Waals surface area contributed by atoms with Crippen LogP contribution in [0.1, 0.15) is 24.0 Å². The van der Waals surface area contributed by atoms with Crippen LogP contribution in [-0.2, 0) is 16.6 Å². The van der Waals surface area contributed by atoms with Crippen molar-refractivity contribution < 1.29 is 31.5 Å². The third-order valence-electron chi connectivity index (χ3n) is 5.87. The van der Waals surface area contributed by atoms with Crippen LogP contribution < -0.4 is 5.56 Å². The second-order valence-electron chi connectivity index (χ2n) is 8.77. The van der Waals surface area contributed by atoms with Crippen LogP contribution in [0.25, 0.3) is 10.9 Å². The van der Waals surface area contributed by atoms with Crippen molar-refractivity contribution in [2.24, 2.45) is 7.05 Å². The summed E-state index contributed by atoms with van der Waals surface area (Å²) < 4.78 is 62.8. The Morgan fingerprint density at radius 3 is 1.48 bits per heavy atom. The molecule has 5 rings (SSSR count). The van der Waals surface area contributed by atoms with Gasteiger partial charge in [-0.15, -0.1) is 5.10 Å². The van der Waals surface area contributed by atoms with Gasteiger partial charge in [0, 0.05) is 32.5 Å². The van der Waals surface area contributed by atoms with Crippen LogP contribution in [-0.4, -0.2) is 38.8 Å². The summed E-state index contributed by atoms with van der Waals surface area (Å²) in [5, 5.41) is 9.48. The molecule has 2 heterocycles. The van der Waals surface area contributed by atoms with E-state index in [1.165, 1.54) is 16.6 Å². The number of fused-ring (bicyclic) bond motifs is 1. The molecular weight excluding hydrogens is 701 g/mol. The van der Waals surface area contributed by atoms with Crippen LogP contribution in [0.3, 0.4) is 0 Å². The van der Waals surface area contributed by atoms with Gasteiger partial charge in [-0.2, -0.15) is 0 Å². The molecule has 17 heteroatoms. The number of carbonyl (C=O) groups excluding carboxylic acids is 2. The van der Waals surface area contributed by atoms with Gasteiger partial charge in [-0.25, -0.2) is 26.6 Å². The fraction of sp³-hybridized carbons (Fsp3) is 0.222. The molecule has 0 spiro atoms. The molecule has 1 fully saturated rings. The van der Waals surface area contributed by atoms with E-state index in [1.54, 1.807) is 26.1 Å². The van der Waals surface area contributed by atoms with E-state index in [0.29, 0.717) is 39.4 Å². The van der Waals surface area contributed by atoms with Gasteiger partial charge >= 0.3 is 0 Å². The predicted molar refractivity (Wildman–Crippen MR) is 159 cm³/mol. The summed E-state index contributed by atoms with van der Waals surface area (Å²) in [4.78, 5) is 33.5. The number of halogens is 10. The maximum Gasteiger partial charge on any atom is 0.277 e. The van der Waals surface area contributed by atoms with Gasteiger partial charge in [-0.1, -0.05) is 75.4 Å². The molecule has 0 atom stereocenters. The molecule has 1 aliphatic rings. The van der Waals surface area contributed by atoms with Crippen molar-refractivity contribution in [3.8, 4) is 0 Å². The molecule has 4 aromatic rings. The second-order valence-corrected chi connectivity index (χ2v) is 10.7. The Hall–Kier alpha value is -3.03. The van der Waals surface area contributed by atoms with Crippen molar-refractivity contribution in [2.45, 2.75) is 26.7 Å². The number of nitrogens with zero attached hydrogens (tertiary/aromatic N) is 4. The normalized spacial score (nSPS) is 12.3. The van der Waals surface area contributed by atoms with Gasteiger partial charge in [0.05, 0.1) is 30.5 Å². The average Bonchev–Trinajstić information content (AvgIpc) is 3.32. The minimum atomic E-state index is -2.13. The van der Waals surface area contributed by atoms with E-state index >= 15 is 0 Å². The fourth-order valence-electron chi connectivity index (χ4n) is 3.19. The van der Waals surface area contributed by atoms with Crippen molar-refractivity contribution in [3.63, 3.8) is 0 Å². The zero-order valence-electron chi connectivity index (χ0n) is 23.0. The molecule has 1 saturated heterocycles. The highest BCUT2D eigenvalue weighted by molar-refractivity contribution is 6.55. The third kappa shape index (κ3) is 8.36. The topological polar surface area (TPSA) is 85.2 Å². The summed E-state index contributed by atoms with van der Waals surface area (Å²) >= 11 is 28.8. The Morgan fingerprint density at radius 1 is 0.636 bits per heavy atom. The molecule has 0 unspecified atom stereocenters. The zero-order chi connectivity index (χ0) is 33.6. The minimum absolute atomic E-state index is 0.0602. The van der Waals surface area contributed by atoms with E-state index in [2.05, 4.69) is 10.3 Å². The maximum absolute atomic E-state index is 12.4. The molecule has 0 saturated carbocycles. The van der Waals surface area contributed by atoms with Gasteiger partial charge in [0.15, 0.2) is 23.3 Å². The summed E-state index contributed by atoms with van der Waals surface area (Å²) in [7, 11) is 3.10. The Labute approximate surface area is 272 Å². The highest BCUT2D eigenvalue weighted by Crippen LogP contribution is 2.43. The number of rotatable bonds is 0. The smallest absolute Gasteiger partial charge is 0.277 e. The van der Waals surface area contributed by atoms with Crippen LogP contribution in [0, 0.1) is 42.9 Å². The molecule has 0 bridgehead atoms. The molecule has 0 N–H and O–H groups in total. The summed E-state index contributed by atoms with van der Waals surface area (Å²) in [6.07, 6.45) is 0.796. The molecule has 3 aromatic carbocycles. The standard InChI is InChI=1S/C8H7N3O.C7H3Cl5.C7H3F5.C5H7NO2/c1-11-8(12)6-4-2-3-5-7(6)9-10-11;2*1-2-3(8)5(10)7(12)6(11)4(2)9;1-6-4(7)2-3-5(6)8/h2-5H,1H3;2*1H3;2-3H2,1H3. The monoisotopic (exact) mass is 718 g/mol. The molecule has 1 aromatic heterocycles. The van der Waals surface area contributed by atoms with Crippen LogP contribution in [0.4, 0.5) is 22.0 Å². The first-order valence-corrected chi connectivity index (χ1v) is 13.9. The van der Waals surface area contributed by atoms with Gasteiger partial charge in [-0.05, 0) is 31.5 Å². The van der Waals surface area contributed by atoms with Gasteiger partial charge in [0.1, 0.15) is 5.52 Å². The first-order chi connectivity index (χ1) is 20.4. The SMILES string of the molecule is CN1C(=O)CCC1=O.Cc1c(Cl)c(Cl)c(Cl)c(Cl)c1Cl.Cc1c(F)c(F)c(F)c(F)c1F.Cn1nnc2ccccc2c1=O. The lowest BCUT2D eigenvalue weighted by atomic mass is 10.2. The Morgan fingerprint density at radius 2 is 1.05 bits per heavy atom. The van der Waals surface area contributed by atoms with Crippen LogP contribution in [0.15, 0.2) is 29.1 Å². The zero-order valence-corrected chi connectivity index (χ0v) is 26.8. The number of carbonyl (C=O) groups is 2. The van der Waals surface area contributed by atoms with Crippen LogP contribution >= 0.6 is 58.0 Å². The lowest BCUT2D eigenvalue weighted by molar-refractivity contribution is -0.136. The van der Waals surface area contributed by atoms with Crippen molar-refractivity contribution in [1.82, 2.24) is 19.9 Å². The summed E-state index contributed by atoms with van der Waals surface area (Å²) in [6.45, 7) is 2.54. The lowest BCUT2D eigenvalue weighted by Gasteiger charge is -2.07. The number of amides is 2. The maximum atomic E-state index is 12.4. The third-order valence-corrected chi connectivity index (χ3v) is 8.34. The molecule has 0 aliphatic carbocycles. The highest BCUT2D eigenvalue weighted by atomic mass is 35.5. The molecule has 7 nitrogen and oxygen atoms in total. The minimum Gasteiger partial charge on any atom is -0.286 e. The van der Waals surface area contributed by atoms with E-state index in [-0.39, 0.29) is 32.4 Å². The Bertz CT molecular complexity index is 1510. The molecule has 0 radical (unpaired) electrons. The molecule has 236 valence electrons. The first kappa shape index (κ1) is 37.2. The number of likely N-dealkylation sites (tertiary alicyclic amines) is 1. The highest BCUT2D eigenvalue weighted by Gasteiger charge is 2.24. The van der Waals surface area contributed by atoms with E-state index in [0.717, 1.165) is 6.92 Å². The number of benzene rings is 3. The van der Waals surface area contributed by atoms with Gasteiger partial charge in [-0.3, -0.25) is 19.3 Å². The van der Waals surface area contributed by atoms with Crippen LogP contribution in [0.5, 0.6) is 0 Å². The van der Waals surface area contributed by atoms with Gasteiger partial charge in [0.2, 0.25) is 17.6 Å². The first-order valence-electron chi connectivity index (χ1n) is 12.0.